The number of carbonyl (C=O) groups excluding carboxylic acids is 2. The van der Waals surface area contributed by atoms with Gasteiger partial charge in [0.2, 0.25) is 0 Å². The van der Waals surface area contributed by atoms with Crippen LogP contribution in [0.15, 0.2) is 65.9 Å². The molecule has 2 aromatic heterocycles. The number of rotatable bonds is 6. The van der Waals surface area contributed by atoms with Gasteiger partial charge < -0.3 is 15.0 Å². The number of hydrogen-bond acceptors (Lipinski definition) is 7. The van der Waals surface area contributed by atoms with Crippen molar-refractivity contribution in [2.75, 3.05) is 36.0 Å². The Kier molecular flexibility index (Phi) is 5.97. The minimum absolute atomic E-state index is 0.230. The Balaban J connectivity index is 1.22. The number of thiophene rings is 1. The molecule has 4 heterocycles. The van der Waals surface area contributed by atoms with E-state index in [1.54, 1.807) is 29.4 Å². The Bertz CT molecular complexity index is 1200. The third-order valence-electron chi connectivity index (χ3n) is 5.41. The van der Waals surface area contributed by atoms with Crippen LogP contribution in [-0.4, -0.2) is 55.1 Å². The molecule has 2 aliphatic rings. The van der Waals surface area contributed by atoms with Crippen molar-refractivity contribution in [3.05, 3.63) is 75.7 Å². The minimum Gasteiger partial charge on any atom is -0.442 e. The van der Waals surface area contributed by atoms with Crippen molar-refractivity contribution in [1.82, 2.24) is 10.3 Å². The summed E-state index contributed by atoms with van der Waals surface area (Å²) in [7, 11) is 0. The molecular formula is C23H20ClN5O3S. The van der Waals surface area contributed by atoms with E-state index in [0.717, 1.165) is 35.9 Å². The molecule has 0 spiro atoms. The summed E-state index contributed by atoms with van der Waals surface area (Å²) in [5.41, 5.74) is 2.76. The van der Waals surface area contributed by atoms with Crippen LogP contribution in [0.5, 0.6) is 0 Å². The Hall–Kier alpha value is -3.43. The fourth-order valence-corrected chi connectivity index (χ4v) is 4.79. The third-order valence-corrected chi connectivity index (χ3v) is 6.64. The van der Waals surface area contributed by atoms with Gasteiger partial charge in [0.25, 0.3) is 5.91 Å². The predicted octanol–water partition coefficient (Wildman–Crippen LogP) is 3.82. The number of carbonyl (C=O) groups is 2. The van der Waals surface area contributed by atoms with Crippen LogP contribution < -0.4 is 15.1 Å². The molecule has 1 aromatic carbocycles. The molecule has 5 rings (SSSR count). The lowest BCUT2D eigenvalue weighted by atomic mass is 10.2. The predicted molar refractivity (Wildman–Crippen MR) is 129 cm³/mol. The van der Waals surface area contributed by atoms with Gasteiger partial charge in [-0.25, -0.2) is 4.79 Å². The molecule has 1 fully saturated rings. The van der Waals surface area contributed by atoms with E-state index in [-0.39, 0.29) is 12.5 Å². The second-order valence-electron chi connectivity index (χ2n) is 7.54. The van der Waals surface area contributed by atoms with E-state index in [9.17, 15) is 9.59 Å². The molecule has 0 unspecified atom stereocenters. The first-order valence-electron chi connectivity index (χ1n) is 10.4. The van der Waals surface area contributed by atoms with Crippen LogP contribution in [0.2, 0.25) is 4.34 Å². The van der Waals surface area contributed by atoms with Crippen molar-refractivity contribution >= 4 is 52.1 Å². The number of nitrogens with zero attached hydrogens (tertiary/aromatic N) is 4. The van der Waals surface area contributed by atoms with Gasteiger partial charge in [-0.15, -0.1) is 11.3 Å². The van der Waals surface area contributed by atoms with Crippen LogP contribution in [0.25, 0.3) is 0 Å². The third kappa shape index (κ3) is 4.55. The van der Waals surface area contributed by atoms with E-state index in [1.807, 2.05) is 36.4 Å². The zero-order valence-corrected chi connectivity index (χ0v) is 19.1. The summed E-state index contributed by atoms with van der Waals surface area (Å²) in [4.78, 5) is 37.6. The van der Waals surface area contributed by atoms with E-state index < -0.39 is 12.2 Å². The van der Waals surface area contributed by atoms with Crippen LogP contribution in [0.4, 0.5) is 16.2 Å². The average Bonchev–Trinajstić information content (AvgIpc) is 3.58. The standard InChI is InChI=1S/C23H20ClN5O3S/c24-20-6-5-19(33-20)22(30)27-13-18-14-29(23(31)32-18)17-3-1-16(2-4-17)28-12-11-26-21(28)15-7-9-25-10-8-15/h1-10,18H,11-14H2,(H,27,30)/t18-/m0/s1. The Morgan fingerprint density at radius 1 is 1.09 bits per heavy atom. The summed E-state index contributed by atoms with van der Waals surface area (Å²) in [6, 6.07) is 15.0. The summed E-state index contributed by atoms with van der Waals surface area (Å²) in [6.07, 6.45) is 2.65. The van der Waals surface area contributed by atoms with E-state index in [4.69, 9.17) is 16.3 Å². The molecule has 0 bridgehead atoms. The Morgan fingerprint density at radius 3 is 2.52 bits per heavy atom. The van der Waals surface area contributed by atoms with E-state index in [2.05, 4.69) is 20.2 Å². The van der Waals surface area contributed by atoms with Crippen molar-refractivity contribution in [2.24, 2.45) is 4.99 Å². The lowest BCUT2D eigenvalue weighted by molar-refractivity contribution is 0.0920. The quantitative estimate of drug-likeness (QED) is 0.578. The molecule has 2 amide bonds. The van der Waals surface area contributed by atoms with Crippen LogP contribution in [-0.2, 0) is 4.74 Å². The molecule has 33 heavy (non-hydrogen) atoms. The summed E-state index contributed by atoms with van der Waals surface area (Å²) in [6.45, 7) is 2.11. The number of aliphatic imine (C=N–C) groups is 1. The second-order valence-corrected chi connectivity index (χ2v) is 9.25. The summed E-state index contributed by atoms with van der Waals surface area (Å²) >= 11 is 7.09. The molecule has 10 heteroatoms. The number of pyridine rings is 1. The molecule has 3 aromatic rings. The topological polar surface area (TPSA) is 87.1 Å². The maximum atomic E-state index is 12.4. The number of halogens is 1. The normalized spacial score (nSPS) is 17.8. The SMILES string of the molecule is O=C(NC[C@H]1CN(c2ccc(N3CCN=C3c3ccncc3)cc2)C(=O)O1)c1ccc(Cl)s1. The van der Waals surface area contributed by atoms with Crippen LogP contribution >= 0.6 is 22.9 Å². The molecule has 0 radical (unpaired) electrons. The number of amides is 2. The number of aromatic nitrogens is 1. The van der Waals surface area contributed by atoms with Gasteiger partial charge in [0.15, 0.2) is 0 Å². The van der Waals surface area contributed by atoms with E-state index >= 15 is 0 Å². The van der Waals surface area contributed by atoms with Gasteiger partial charge in [0, 0.05) is 35.9 Å². The first-order chi connectivity index (χ1) is 16.1. The van der Waals surface area contributed by atoms with Gasteiger partial charge in [-0.3, -0.25) is 19.7 Å². The first-order valence-corrected chi connectivity index (χ1v) is 11.6. The smallest absolute Gasteiger partial charge is 0.414 e. The van der Waals surface area contributed by atoms with Gasteiger partial charge in [-0.05, 0) is 48.5 Å². The molecule has 2 aliphatic heterocycles. The number of cyclic esters (lactones) is 1. The summed E-state index contributed by atoms with van der Waals surface area (Å²) < 4.78 is 5.99. The monoisotopic (exact) mass is 481 g/mol. The van der Waals surface area contributed by atoms with Gasteiger partial charge >= 0.3 is 6.09 Å². The molecule has 168 valence electrons. The molecule has 0 saturated carbocycles. The molecule has 1 atom stereocenters. The van der Waals surface area contributed by atoms with Crippen LogP contribution in [0.1, 0.15) is 15.2 Å². The zero-order chi connectivity index (χ0) is 22.8. The van der Waals surface area contributed by atoms with Gasteiger partial charge in [-0.1, -0.05) is 11.6 Å². The highest BCUT2D eigenvalue weighted by molar-refractivity contribution is 7.18. The van der Waals surface area contributed by atoms with Crippen molar-refractivity contribution in [3.8, 4) is 0 Å². The summed E-state index contributed by atoms with van der Waals surface area (Å²) in [5.74, 6) is 0.677. The fourth-order valence-electron chi connectivity index (χ4n) is 3.83. The summed E-state index contributed by atoms with van der Waals surface area (Å²) in [5, 5.41) is 2.80. The Labute approximate surface area is 199 Å². The highest BCUT2D eigenvalue weighted by Crippen LogP contribution is 2.27. The maximum absolute atomic E-state index is 12.4. The fraction of sp³-hybridized carbons (Fsp3) is 0.217. The molecule has 8 nitrogen and oxygen atoms in total. The maximum Gasteiger partial charge on any atom is 0.414 e. The average molecular weight is 482 g/mol. The number of benzene rings is 1. The van der Waals surface area contributed by atoms with E-state index in [1.165, 1.54) is 11.3 Å². The van der Waals surface area contributed by atoms with E-state index in [0.29, 0.717) is 15.8 Å². The van der Waals surface area contributed by atoms with Crippen molar-refractivity contribution in [1.29, 1.82) is 0 Å². The zero-order valence-electron chi connectivity index (χ0n) is 17.5. The van der Waals surface area contributed by atoms with Gasteiger partial charge in [0.05, 0.1) is 28.8 Å². The molecule has 0 aliphatic carbocycles. The number of ether oxygens (including phenoxy) is 1. The number of anilines is 2. The lowest BCUT2D eigenvalue weighted by Crippen LogP contribution is -2.34. The van der Waals surface area contributed by atoms with Gasteiger partial charge in [-0.2, -0.15) is 0 Å². The number of nitrogens with one attached hydrogen (secondary N) is 1. The highest BCUT2D eigenvalue weighted by atomic mass is 35.5. The molecule has 1 N–H and O–H groups in total. The van der Waals surface area contributed by atoms with Crippen LogP contribution in [0, 0.1) is 0 Å². The lowest BCUT2D eigenvalue weighted by Gasteiger charge is -2.22. The van der Waals surface area contributed by atoms with Crippen molar-refractivity contribution in [3.63, 3.8) is 0 Å². The molecular weight excluding hydrogens is 462 g/mol. The highest BCUT2D eigenvalue weighted by Gasteiger charge is 2.33. The second kappa shape index (κ2) is 9.21. The van der Waals surface area contributed by atoms with Crippen molar-refractivity contribution < 1.29 is 14.3 Å². The first kappa shape index (κ1) is 21.4. The Morgan fingerprint density at radius 2 is 1.82 bits per heavy atom. The van der Waals surface area contributed by atoms with Crippen molar-refractivity contribution in [2.45, 2.75) is 6.10 Å². The largest absolute Gasteiger partial charge is 0.442 e. The molecule has 1 saturated heterocycles. The number of amidine groups is 1. The number of hydrogen-bond donors (Lipinski definition) is 1. The minimum atomic E-state index is -0.430. The van der Waals surface area contributed by atoms with Gasteiger partial charge in [0.1, 0.15) is 11.9 Å². The van der Waals surface area contributed by atoms with Crippen LogP contribution in [0.3, 0.4) is 0 Å².